The smallest absolute Gasteiger partial charge is 0.344 e. The van der Waals surface area contributed by atoms with Crippen molar-refractivity contribution in [3.05, 3.63) is 22.9 Å². The molecule has 110 valence electrons. The van der Waals surface area contributed by atoms with E-state index in [0.717, 1.165) is 48.9 Å². The molecule has 0 aromatic carbocycles. The highest BCUT2D eigenvalue weighted by molar-refractivity contribution is 5.52. The van der Waals surface area contributed by atoms with Gasteiger partial charge >= 0.3 is 6.18 Å². The molecule has 2 aliphatic rings. The van der Waals surface area contributed by atoms with Crippen LogP contribution >= 0.6 is 0 Å². The van der Waals surface area contributed by atoms with Crippen LogP contribution < -0.4 is 10.6 Å². The highest BCUT2D eigenvalue weighted by atomic mass is 19.4. The highest BCUT2D eigenvalue weighted by Crippen LogP contribution is 2.36. The van der Waals surface area contributed by atoms with Gasteiger partial charge in [0, 0.05) is 23.8 Å². The van der Waals surface area contributed by atoms with Crippen LogP contribution in [0.15, 0.2) is 6.07 Å². The third kappa shape index (κ3) is 2.75. The van der Waals surface area contributed by atoms with E-state index in [0.29, 0.717) is 5.82 Å². The predicted molar refractivity (Wildman–Crippen MR) is 70.6 cm³/mol. The zero-order valence-corrected chi connectivity index (χ0v) is 11.2. The van der Waals surface area contributed by atoms with Crippen molar-refractivity contribution >= 4 is 5.82 Å². The van der Waals surface area contributed by atoms with E-state index in [4.69, 9.17) is 5.73 Å². The largest absolute Gasteiger partial charge is 0.405 e. The normalized spacial score (nSPS) is 18.2. The molecule has 0 aliphatic heterocycles. The molecule has 0 saturated heterocycles. The van der Waals surface area contributed by atoms with Crippen LogP contribution in [0.3, 0.4) is 0 Å². The van der Waals surface area contributed by atoms with Gasteiger partial charge in [-0.15, -0.1) is 0 Å². The number of anilines is 1. The van der Waals surface area contributed by atoms with Crippen molar-refractivity contribution in [3.63, 3.8) is 0 Å². The van der Waals surface area contributed by atoms with Crippen LogP contribution in [0.4, 0.5) is 19.0 Å². The molecule has 1 aromatic heterocycles. The predicted octanol–water partition coefficient (Wildman–Crippen LogP) is 2.56. The molecule has 1 saturated carbocycles. The molecule has 1 aromatic rings. The first-order valence-electron chi connectivity index (χ1n) is 7.03. The number of aryl methyl sites for hydroxylation is 2. The van der Waals surface area contributed by atoms with Gasteiger partial charge in [-0.05, 0) is 43.7 Å². The van der Waals surface area contributed by atoms with Crippen LogP contribution in [0.5, 0.6) is 0 Å². The van der Waals surface area contributed by atoms with Crippen molar-refractivity contribution < 1.29 is 13.2 Å². The summed E-state index contributed by atoms with van der Waals surface area (Å²) in [6, 6.07) is 1.92. The van der Waals surface area contributed by atoms with Crippen LogP contribution in [-0.2, 0) is 19.4 Å². The van der Waals surface area contributed by atoms with Crippen molar-refractivity contribution in [1.82, 2.24) is 4.98 Å². The number of fused-ring (bicyclic) bond motifs is 1. The lowest BCUT2D eigenvalue weighted by atomic mass is 10.1. The molecule has 0 bridgehead atoms. The molecule has 20 heavy (non-hydrogen) atoms. The fourth-order valence-corrected chi connectivity index (χ4v) is 2.86. The fraction of sp³-hybridized carbons (Fsp3) is 0.643. The Bertz CT molecular complexity index is 509. The Morgan fingerprint density at radius 2 is 2.05 bits per heavy atom. The van der Waals surface area contributed by atoms with Crippen LogP contribution in [0.1, 0.15) is 36.1 Å². The third-order valence-corrected chi connectivity index (χ3v) is 3.94. The van der Waals surface area contributed by atoms with Gasteiger partial charge in [-0.3, -0.25) is 0 Å². The maximum absolute atomic E-state index is 12.8. The Balaban J connectivity index is 1.97. The summed E-state index contributed by atoms with van der Waals surface area (Å²) >= 11 is 0. The molecule has 2 N–H and O–H groups in total. The fourth-order valence-electron chi connectivity index (χ4n) is 2.86. The van der Waals surface area contributed by atoms with Gasteiger partial charge in [-0.2, -0.15) is 13.2 Å². The number of rotatable bonds is 4. The standard InChI is InChI=1S/C14H18F3N3/c15-14(16,17)8-20(11-4-5-11)13-10(7-18)6-9-2-1-3-12(9)19-13/h6,11H,1-5,7-8,18H2. The second-order valence-electron chi connectivity index (χ2n) is 5.61. The lowest BCUT2D eigenvalue weighted by molar-refractivity contribution is -0.120. The van der Waals surface area contributed by atoms with Gasteiger partial charge < -0.3 is 10.6 Å². The summed E-state index contributed by atoms with van der Waals surface area (Å²) in [5.41, 5.74) is 8.56. The summed E-state index contributed by atoms with van der Waals surface area (Å²) in [6.07, 6.45) is 0.237. The number of aromatic nitrogens is 1. The molecular formula is C14H18F3N3. The minimum absolute atomic E-state index is 0.0334. The van der Waals surface area contributed by atoms with Gasteiger partial charge in [0.05, 0.1) is 0 Å². The summed E-state index contributed by atoms with van der Waals surface area (Å²) in [5.74, 6) is 0.452. The van der Waals surface area contributed by atoms with E-state index in [1.165, 1.54) is 4.90 Å². The topological polar surface area (TPSA) is 42.1 Å². The first-order valence-corrected chi connectivity index (χ1v) is 7.03. The van der Waals surface area contributed by atoms with E-state index in [1.807, 2.05) is 6.07 Å². The molecule has 3 rings (SSSR count). The van der Waals surface area contributed by atoms with Gasteiger partial charge in [-0.1, -0.05) is 0 Å². The van der Waals surface area contributed by atoms with Crippen LogP contribution in [0, 0.1) is 0 Å². The summed E-state index contributed by atoms with van der Waals surface area (Å²) in [5, 5.41) is 0. The van der Waals surface area contributed by atoms with Gasteiger partial charge in [0.15, 0.2) is 0 Å². The molecule has 0 unspecified atom stereocenters. The molecule has 6 heteroatoms. The quantitative estimate of drug-likeness (QED) is 0.924. The Morgan fingerprint density at radius 3 is 2.65 bits per heavy atom. The summed E-state index contributed by atoms with van der Waals surface area (Å²) < 4.78 is 38.4. The molecule has 1 fully saturated rings. The molecule has 3 nitrogen and oxygen atoms in total. The van der Waals surface area contributed by atoms with Crippen LogP contribution in [0.2, 0.25) is 0 Å². The van der Waals surface area contributed by atoms with Gasteiger partial charge in [0.2, 0.25) is 0 Å². The maximum atomic E-state index is 12.8. The number of hydrogen-bond acceptors (Lipinski definition) is 3. The van der Waals surface area contributed by atoms with Crippen molar-refractivity contribution in [2.75, 3.05) is 11.4 Å². The van der Waals surface area contributed by atoms with E-state index in [9.17, 15) is 13.2 Å². The molecule has 1 heterocycles. The zero-order valence-electron chi connectivity index (χ0n) is 11.2. The second-order valence-corrected chi connectivity index (χ2v) is 5.61. The van der Waals surface area contributed by atoms with Crippen molar-refractivity contribution in [2.24, 2.45) is 5.73 Å². The number of halogens is 3. The minimum atomic E-state index is -4.21. The molecule has 2 aliphatic carbocycles. The van der Waals surface area contributed by atoms with E-state index >= 15 is 0 Å². The maximum Gasteiger partial charge on any atom is 0.405 e. The van der Waals surface area contributed by atoms with E-state index in [-0.39, 0.29) is 12.6 Å². The lowest BCUT2D eigenvalue weighted by Crippen LogP contribution is -2.37. The van der Waals surface area contributed by atoms with Crippen LogP contribution in [0.25, 0.3) is 0 Å². The van der Waals surface area contributed by atoms with E-state index < -0.39 is 12.7 Å². The summed E-state index contributed by atoms with van der Waals surface area (Å²) in [7, 11) is 0. The number of alkyl halides is 3. The van der Waals surface area contributed by atoms with Gasteiger partial charge in [0.1, 0.15) is 12.4 Å². The lowest BCUT2D eigenvalue weighted by Gasteiger charge is -2.27. The van der Waals surface area contributed by atoms with Crippen molar-refractivity contribution in [2.45, 2.75) is 50.9 Å². The molecule has 0 amide bonds. The number of hydrogen-bond donors (Lipinski definition) is 1. The monoisotopic (exact) mass is 285 g/mol. The highest BCUT2D eigenvalue weighted by Gasteiger charge is 2.39. The molecule has 0 spiro atoms. The van der Waals surface area contributed by atoms with Gasteiger partial charge in [-0.25, -0.2) is 4.98 Å². The Kier molecular flexibility index (Phi) is 3.36. The van der Waals surface area contributed by atoms with E-state index in [1.54, 1.807) is 0 Å². The Morgan fingerprint density at radius 1 is 1.30 bits per heavy atom. The first-order chi connectivity index (χ1) is 9.48. The Hall–Kier alpha value is -1.30. The number of nitrogens with zero attached hydrogens (tertiary/aromatic N) is 2. The molecular weight excluding hydrogens is 267 g/mol. The van der Waals surface area contributed by atoms with E-state index in [2.05, 4.69) is 4.98 Å². The van der Waals surface area contributed by atoms with Crippen molar-refractivity contribution in [3.8, 4) is 0 Å². The van der Waals surface area contributed by atoms with Gasteiger partial charge in [0.25, 0.3) is 0 Å². The minimum Gasteiger partial charge on any atom is -0.344 e. The first kappa shape index (κ1) is 13.7. The second kappa shape index (κ2) is 4.91. The molecule has 0 atom stereocenters. The average Bonchev–Trinajstić information content (AvgIpc) is 3.12. The SMILES string of the molecule is NCc1cc2c(nc1N(CC(F)(F)F)C1CC1)CCC2. The van der Waals surface area contributed by atoms with Crippen LogP contribution in [-0.4, -0.2) is 23.7 Å². The number of pyridine rings is 1. The Labute approximate surface area is 116 Å². The zero-order chi connectivity index (χ0) is 14.3. The summed E-state index contributed by atoms with van der Waals surface area (Å²) in [6.45, 7) is -0.701. The number of nitrogens with two attached hydrogens (primary N) is 1. The third-order valence-electron chi connectivity index (χ3n) is 3.94. The summed E-state index contributed by atoms with van der Waals surface area (Å²) in [4.78, 5) is 5.92. The molecule has 0 radical (unpaired) electrons. The van der Waals surface area contributed by atoms with Crippen molar-refractivity contribution in [1.29, 1.82) is 0 Å². The average molecular weight is 285 g/mol.